The minimum absolute atomic E-state index is 0.0594. The summed E-state index contributed by atoms with van der Waals surface area (Å²) in [7, 11) is -6.38. The molecule has 0 aliphatic carbocycles. The van der Waals surface area contributed by atoms with Crippen LogP contribution < -0.4 is 14.8 Å². The minimum atomic E-state index is -3.93. The lowest BCUT2D eigenvalue weighted by molar-refractivity contribution is -0.119. The third-order valence-electron chi connectivity index (χ3n) is 4.76. The number of nitrogens with one attached hydrogen (secondary N) is 2. The molecule has 1 aliphatic rings. The lowest BCUT2D eigenvalue weighted by atomic mass is 10.2. The van der Waals surface area contributed by atoms with Crippen LogP contribution in [0, 0.1) is 0 Å². The first kappa shape index (κ1) is 23.5. The number of anilines is 1. The molecule has 2 aromatic rings. The number of benzene rings is 1. The molecule has 0 spiro atoms. The van der Waals surface area contributed by atoms with Crippen molar-refractivity contribution in [3.63, 3.8) is 0 Å². The highest BCUT2D eigenvalue weighted by molar-refractivity contribution is 7.94. The summed E-state index contributed by atoms with van der Waals surface area (Å²) in [5.41, 5.74) is 0.119. The van der Waals surface area contributed by atoms with Gasteiger partial charge in [0.05, 0.1) is 19.3 Å². The Bertz CT molecular complexity index is 1150. The van der Waals surface area contributed by atoms with Crippen LogP contribution >= 0.6 is 11.3 Å². The molecule has 1 aromatic heterocycles. The Morgan fingerprint density at radius 3 is 2.45 bits per heavy atom. The van der Waals surface area contributed by atoms with Crippen molar-refractivity contribution < 1.29 is 26.4 Å². The van der Waals surface area contributed by atoms with Crippen molar-refractivity contribution in [2.75, 3.05) is 24.9 Å². The third kappa shape index (κ3) is 5.56. The van der Waals surface area contributed by atoms with Crippen molar-refractivity contribution >= 4 is 43.0 Å². The number of thiophene rings is 1. The second-order valence-corrected chi connectivity index (χ2v) is 12.1. The van der Waals surface area contributed by atoms with Gasteiger partial charge in [0, 0.05) is 24.9 Å². The highest BCUT2D eigenvalue weighted by atomic mass is 32.2. The third-order valence-corrected chi connectivity index (χ3v) is 9.64. The van der Waals surface area contributed by atoms with Crippen LogP contribution in [0.15, 0.2) is 39.4 Å². The maximum atomic E-state index is 13.1. The van der Waals surface area contributed by atoms with E-state index in [0.717, 1.165) is 30.6 Å². The molecule has 0 radical (unpaired) electrons. The molecular formula is C19H25N3O6S3. The van der Waals surface area contributed by atoms with Gasteiger partial charge < -0.3 is 10.1 Å². The largest absolute Gasteiger partial charge is 0.495 e. The van der Waals surface area contributed by atoms with Crippen molar-refractivity contribution in [1.82, 2.24) is 9.62 Å². The van der Waals surface area contributed by atoms with Crippen molar-refractivity contribution in [2.45, 2.75) is 41.8 Å². The molecular weight excluding hydrogens is 462 g/mol. The fraction of sp³-hybridized carbons (Fsp3) is 0.421. The van der Waals surface area contributed by atoms with Gasteiger partial charge in [0.1, 0.15) is 14.9 Å². The molecule has 1 aromatic carbocycles. The minimum Gasteiger partial charge on any atom is -0.495 e. The van der Waals surface area contributed by atoms with Crippen LogP contribution in [-0.4, -0.2) is 47.2 Å². The van der Waals surface area contributed by atoms with Crippen LogP contribution in [0.1, 0.15) is 31.1 Å². The number of ether oxygens (including phenoxy) is 1. The van der Waals surface area contributed by atoms with E-state index in [1.54, 1.807) is 6.07 Å². The number of hydrogen-bond acceptors (Lipinski definition) is 7. The van der Waals surface area contributed by atoms with E-state index in [1.165, 1.54) is 42.6 Å². The molecule has 3 rings (SSSR count). The summed E-state index contributed by atoms with van der Waals surface area (Å²) in [6.45, 7) is 2.46. The molecule has 0 unspecified atom stereocenters. The smallest absolute Gasteiger partial charge is 0.271 e. The summed E-state index contributed by atoms with van der Waals surface area (Å²) in [4.78, 5) is 11.6. The second kappa shape index (κ2) is 9.55. The lowest BCUT2D eigenvalue weighted by Gasteiger charge is -2.26. The van der Waals surface area contributed by atoms with E-state index < -0.39 is 20.0 Å². The average Bonchev–Trinajstić information content (AvgIpc) is 3.23. The van der Waals surface area contributed by atoms with Crippen LogP contribution in [0.3, 0.4) is 0 Å². The number of methoxy groups -OCH3 is 1. The average molecular weight is 488 g/mol. The predicted molar refractivity (Wildman–Crippen MR) is 118 cm³/mol. The summed E-state index contributed by atoms with van der Waals surface area (Å²) < 4.78 is 60.9. The van der Waals surface area contributed by atoms with Crippen molar-refractivity contribution in [3.8, 4) is 5.75 Å². The Morgan fingerprint density at radius 1 is 1.10 bits per heavy atom. The summed E-state index contributed by atoms with van der Waals surface area (Å²) in [6.07, 6.45) is 2.55. The van der Waals surface area contributed by atoms with E-state index >= 15 is 0 Å². The molecule has 0 bridgehead atoms. The zero-order valence-corrected chi connectivity index (χ0v) is 19.7. The van der Waals surface area contributed by atoms with E-state index in [-0.39, 0.29) is 33.0 Å². The van der Waals surface area contributed by atoms with E-state index in [9.17, 15) is 21.6 Å². The number of amides is 1. The SMILES string of the molecule is COc1ccc(NS(=O)(=O)c2ccc(CNC(C)=O)s2)cc1S(=O)(=O)N1CCCCC1. The second-order valence-electron chi connectivity index (χ2n) is 7.07. The molecule has 1 fully saturated rings. The maximum Gasteiger partial charge on any atom is 0.271 e. The van der Waals surface area contributed by atoms with Crippen molar-refractivity contribution in [1.29, 1.82) is 0 Å². The van der Waals surface area contributed by atoms with Gasteiger partial charge in [-0.3, -0.25) is 9.52 Å². The molecule has 1 saturated heterocycles. The first-order chi connectivity index (χ1) is 14.6. The van der Waals surface area contributed by atoms with Gasteiger partial charge in [0.2, 0.25) is 15.9 Å². The predicted octanol–water partition coefficient (Wildman–Crippen LogP) is 2.37. The van der Waals surface area contributed by atoms with Crippen LogP contribution in [0.2, 0.25) is 0 Å². The van der Waals surface area contributed by atoms with Crippen LogP contribution in [-0.2, 0) is 31.4 Å². The van der Waals surface area contributed by atoms with E-state index in [4.69, 9.17) is 4.74 Å². The Morgan fingerprint density at radius 2 is 1.81 bits per heavy atom. The number of piperidine rings is 1. The zero-order valence-electron chi connectivity index (χ0n) is 17.3. The zero-order chi connectivity index (χ0) is 22.6. The fourth-order valence-electron chi connectivity index (χ4n) is 3.20. The summed E-state index contributed by atoms with van der Waals surface area (Å²) >= 11 is 1.02. The quantitative estimate of drug-likeness (QED) is 0.590. The highest BCUT2D eigenvalue weighted by Gasteiger charge is 2.29. The van der Waals surface area contributed by atoms with Gasteiger partial charge in [-0.1, -0.05) is 6.42 Å². The topological polar surface area (TPSA) is 122 Å². The van der Waals surface area contributed by atoms with E-state index in [0.29, 0.717) is 18.0 Å². The van der Waals surface area contributed by atoms with Crippen LogP contribution in [0.5, 0.6) is 5.75 Å². The number of carbonyl (C=O) groups is 1. The molecule has 12 heteroatoms. The lowest BCUT2D eigenvalue weighted by Crippen LogP contribution is -2.35. The first-order valence-electron chi connectivity index (χ1n) is 9.67. The van der Waals surface area contributed by atoms with Crippen molar-refractivity contribution in [3.05, 3.63) is 35.2 Å². The number of sulfonamides is 2. The fourth-order valence-corrected chi connectivity index (χ4v) is 7.24. The van der Waals surface area contributed by atoms with Gasteiger partial charge in [-0.15, -0.1) is 11.3 Å². The van der Waals surface area contributed by atoms with Crippen LogP contribution in [0.4, 0.5) is 5.69 Å². The molecule has 2 N–H and O–H groups in total. The van der Waals surface area contributed by atoms with E-state index in [2.05, 4.69) is 10.0 Å². The van der Waals surface area contributed by atoms with Gasteiger partial charge in [-0.2, -0.15) is 4.31 Å². The highest BCUT2D eigenvalue weighted by Crippen LogP contribution is 2.32. The number of rotatable bonds is 8. The molecule has 170 valence electrons. The van der Waals surface area contributed by atoms with Gasteiger partial charge >= 0.3 is 0 Å². The Balaban J connectivity index is 1.86. The molecule has 2 heterocycles. The molecule has 0 atom stereocenters. The molecule has 0 saturated carbocycles. The first-order valence-corrected chi connectivity index (χ1v) is 13.4. The van der Waals surface area contributed by atoms with Gasteiger partial charge in [0.15, 0.2) is 0 Å². The van der Waals surface area contributed by atoms with Gasteiger partial charge in [-0.25, -0.2) is 16.8 Å². The number of carbonyl (C=O) groups excluding carboxylic acids is 1. The van der Waals surface area contributed by atoms with Gasteiger partial charge in [-0.05, 0) is 43.2 Å². The standard InChI is InChI=1S/C19H25N3O6S3/c1-14(23)20-13-16-7-9-19(29-16)30(24,25)21-15-6-8-17(28-2)18(12-15)31(26,27)22-10-4-3-5-11-22/h6-9,12,21H,3-5,10-11,13H2,1-2H3,(H,20,23). The monoisotopic (exact) mass is 487 g/mol. The Hall–Kier alpha value is -2.15. The molecule has 9 nitrogen and oxygen atoms in total. The van der Waals surface area contributed by atoms with Gasteiger partial charge in [0.25, 0.3) is 10.0 Å². The van der Waals surface area contributed by atoms with Crippen molar-refractivity contribution in [2.24, 2.45) is 0 Å². The summed E-state index contributed by atoms with van der Waals surface area (Å²) in [6, 6.07) is 7.24. The Kier molecular flexibility index (Phi) is 7.24. The summed E-state index contributed by atoms with van der Waals surface area (Å²) in [5, 5.41) is 2.62. The normalized spacial score (nSPS) is 15.4. The van der Waals surface area contributed by atoms with E-state index in [1.807, 2.05) is 0 Å². The summed E-state index contributed by atoms with van der Waals surface area (Å²) in [5.74, 6) is -0.0566. The number of nitrogens with zero attached hydrogens (tertiary/aromatic N) is 1. The molecule has 1 aliphatic heterocycles. The molecule has 1 amide bonds. The molecule has 31 heavy (non-hydrogen) atoms. The maximum absolute atomic E-state index is 13.1. The van der Waals surface area contributed by atoms with Crippen LogP contribution in [0.25, 0.3) is 0 Å². The Labute approximate surface area is 186 Å². The number of hydrogen-bond donors (Lipinski definition) is 2.